The van der Waals surface area contributed by atoms with E-state index in [1.165, 1.54) is 72.8 Å². The molecule has 0 bridgehead atoms. The van der Waals surface area contributed by atoms with E-state index in [4.69, 9.17) is 0 Å². The van der Waals surface area contributed by atoms with Crippen molar-refractivity contribution < 1.29 is 36.9 Å². The molecule has 0 aliphatic carbocycles. The molecule has 49 heavy (non-hydrogen) atoms. The number of benzene rings is 6. The van der Waals surface area contributed by atoms with E-state index in [0.29, 0.717) is 11.4 Å². The van der Waals surface area contributed by atoms with E-state index < -0.39 is 55.2 Å². The summed E-state index contributed by atoms with van der Waals surface area (Å²) < 4.78 is 0. The summed E-state index contributed by atoms with van der Waals surface area (Å²) in [5.41, 5.74) is 0.736. The van der Waals surface area contributed by atoms with Crippen molar-refractivity contribution in [1.82, 2.24) is 0 Å². The van der Waals surface area contributed by atoms with Crippen LogP contribution in [0, 0.1) is 0 Å². The number of carbonyl (C=O) groups excluding carboxylic acids is 2. The molecule has 0 aromatic heterocycles. The molecule has 0 heterocycles. The molecule has 6 rings (SSSR count). The first-order valence-corrected chi connectivity index (χ1v) is 13.7. The molecule has 6 aromatic rings. The molecule has 0 aliphatic heterocycles. The van der Waals surface area contributed by atoms with Gasteiger partial charge in [-0.2, -0.15) is 10.2 Å². The van der Waals surface area contributed by atoms with E-state index in [-0.39, 0.29) is 49.7 Å². The van der Waals surface area contributed by atoms with Crippen LogP contribution in [0.1, 0.15) is 20.7 Å². The largest absolute Gasteiger partial charge is 2.00 e. The summed E-state index contributed by atoms with van der Waals surface area (Å²) in [6.45, 7) is 0. The van der Waals surface area contributed by atoms with Crippen molar-refractivity contribution in [3.63, 3.8) is 0 Å². The average Bonchev–Trinajstić information content (AvgIpc) is 3.10. The van der Waals surface area contributed by atoms with E-state index >= 15 is 0 Å². The molecular formula is C34H18CuN4O10. The molecule has 0 unspecified atom stereocenters. The molecule has 0 saturated heterocycles. The summed E-state index contributed by atoms with van der Waals surface area (Å²) in [6, 6.07) is 22.7. The number of carbonyl (C=O) groups is 2. The van der Waals surface area contributed by atoms with Gasteiger partial charge in [0.15, 0.2) is 10.7 Å². The van der Waals surface area contributed by atoms with Crippen LogP contribution in [0.4, 0.5) is 11.4 Å². The van der Waals surface area contributed by atoms with Crippen molar-refractivity contribution in [2.75, 3.05) is 10.9 Å². The van der Waals surface area contributed by atoms with E-state index in [9.17, 15) is 48.6 Å². The minimum absolute atomic E-state index is 0. The van der Waals surface area contributed by atoms with Gasteiger partial charge in [0, 0.05) is 21.5 Å². The fourth-order valence-electron chi connectivity index (χ4n) is 4.48. The van der Waals surface area contributed by atoms with Crippen molar-refractivity contribution in [2.45, 2.75) is 0 Å². The van der Waals surface area contributed by atoms with Crippen molar-refractivity contribution in [1.29, 1.82) is 0 Å². The maximum Gasteiger partial charge on any atom is 2.00 e. The number of carboxylic acids is 2. The van der Waals surface area contributed by atoms with Crippen LogP contribution in [-0.4, -0.2) is 11.9 Å². The zero-order chi connectivity index (χ0) is 34.5. The number of carboxylic acid groups (broad SMARTS) is 2. The third kappa shape index (κ3) is 7.33. The molecule has 0 aliphatic rings. The van der Waals surface area contributed by atoms with Gasteiger partial charge in [0.05, 0.1) is 23.3 Å². The summed E-state index contributed by atoms with van der Waals surface area (Å²) in [5, 5.41) is 28.1. The first-order valence-electron chi connectivity index (χ1n) is 13.7. The van der Waals surface area contributed by atoms with Crippen LogP contribution in [0.5, 0.6) is 0 Å². The van der Waals surface area contributed by atoms with Crippen LogP contribution in [0.15, 0.2) is 136 Å². The van der Waals surface area contributed by atoms with E-state index in [1.54, 1.807) is 24.3 Å². The molecule has 6 aromatic carbocycles. The fraction of sp³-hybridized carbons (Fsp3) is 0. The maximum absolute atomic E-state index is 12.3. The zero-order valence-electron chi connectivity index (χ0n) is 24.5. The summed E-state index contributed by atoms with van der Waals surface area (Å²) in [7, 11) is 0. The number of anilines is 2. The zero-order valence-corrected chi connectivity index (χ0v) is 25.5. The van der Waals surface area contributed by atoms with Gasteiger partial charge in [-0.05, 0) is 35.4 Å². The number of nitrogens with one attached hydrogen (secondary N) is 2. The minimum atomic E-state index is -1.33. The second-order valence-corrected chi connectivity index (χ2v) is 9.94. The van der Waals surface area contributed by atoms with Crippen molar-refractivity contribution in [3.05, 3.63) is 180 Å². The molecular weight excluding hydrogens is 688 g/mol. The van der Waals surface area contributed by atoms with Gasteiger partial charge >= 0.3 is 17.1 Å². The standard InChI is InChI=1S/2C17H10N2O5.Cu/c2*20-14-11-3-1-2-4-12(11)15(21)16(22)13(14)19-18-10-7-5-9(6-8-10)17(23)24;/h2*1-8,18H,(H,23,24);/q;;+2/p-2/b2*19-13-;. The quantitative estimate of drug-likeness (QED) is 0.111. The Morgan fingerprint density at radius 1 is 0.429 bits per heavy atom. The van der Waals surface area contributed by atoms with Crippen LogP contribution < -0.4 is 64.4 Å². The predicted molar refractivity (Wildman–Crippen MR) is 170 cm³/mol. The Hall–Kier alpha value is -6.70. The third-order valence-corrected chi connectivity index (χ3v) is 6.94. The molecule has 0 fully saturated rings. The molecule has 245 valence electrons. The Bertz CT molecular complexity index is 2510. The predicted octanol–water partition coefficient (Wildman–Crippen LogP) is -1.83. The molecule has 0 amide bonds. The van der Waals surface area contributed by atoms with E-state index in [2.05, 4.69) is 21.1 Å². The first-order chi connectivity index (χ1) is 23.0. The molecule has 14 nitrogen and oxygen atoms in total. The van der Waals surface area contributed by atoms with Gasteiger partial charge in [-0.25, -0.2) is 0 Å². The van der Waals surface area contributed by atoms with Gasteiger partial charge in [-0.1, -0.05) is 72.8 Å². The topological polar surface area (TPSA) is 231 Å². The number of fused-ring (bicyclic) bond motifs is 2. The molecule has 2 N–H and O–H groups in total. The van der Waals surface area contributed by atoms with Gasteiger partial charge in [-0.15, -0.1) is 0 Å². The number of aromatic carboxylic acids is 2. The number of hydrogen-bond donors (Lipinski definition) is 2. The number of rotatable bonds is 6. The van der Waals surface area contributed by atoms with Gasteiger partial charge in [0.25, 0.3) is 10.9 Å². The Morgan fingerprint density at radius 3 is 1.00 bits per heavy atom. The van der Waals surface area contributed by atoms with Crippen molar-refractivity contribution in [2.24, 2.45) is 10.2 Å². The average molecular weight is 706 g/mol. The van der Waals surface area contributed by atoms with Gasteiger partial charge in [0.2, 0.25) is 21.7 Å². The molecule has 1 radical (unpaired) electrons. The first kappa shape index (κ1) is 35.2. The van der Waals surface area contributed by atoms with Crippen molar-refractivity contribution in [3.8, 4) is 0 Å². The molecule has 15 heteroatoms. The van der Waals surface area contributed by atoms with E-state index in [1.807, 2.05) is 0 Å². The smallest absolute Gasteiger partial charge is 0.545 e. The summed E-state index contributed by atoms with van der Waals surface area (Å²) >= 11 is 0. The Balaban J connectivity index is 0.000000216. The van der Waals surface area contributed by atoms with E-state index in [0.717, 1.165) is 0 Å². The Morgan fingerprint density at radius 2 is 0.714 bits per heavy atom. The fourth-order valence-corrected chi connectivity index (χ4v) is 4.48. The number of hydrogen-bond acceptors (Lipinski definition) is 14. The number of nitrogens with zero attached hydrogens (tertiary/aromatic N) is 2. The summed E-state index contributed by atoms with van der Waals surface area (Å²) in [4.78, 5) is 94.1. The van der Waals surface area contributed by atoms with Crippen molar-refractivity contribution >= 4 is 44.9 Å². The summed E-state index contributed by atoms with van der Waals surface area (Å²) in [5.74, 6) is -2.65. The van der Waals surface area contributed by atoms with Crippen LogP contribution in [0.3, 0.4) is 0 Å². The van der Waals surface area contributed by atoms with Crippen LogP contribution in [-0.2, 0) is 17.1 Å². The monoisotopic (exact) mass is 705 g/mol. The second kappa shape index (κ2) is 14.8. The molecule has 0 atom stereocenters. The van der Waals surface area contributed by atoms with Gasteiger partial charge in [-0.3, -0.25) is 39.6 Å². The summed E-state index contributed by atoms with van der Waals surface area (Å²) in [6.07, 6.45) is 0. The maximum atomic E-state index is 12.3. The van der Waals surface area contributed by atoms with Gasteiger partial charge in [0.1, 0.15) is 0 Å². The Kier molecular flexibility index (Phi) is 10.6. The molecule has 0 spiro atoms. The van der Waals surface area contributed by atoms with Crippen LogP contribution in [0.2, 0.25) is 0 Å². The second-order valence-electron chi connectivity index (χ2n) is 9.94. The third-order valence-electron chi connectivity index (χ3n) is 6.94. The molecule has 0 saturated carbocycles. The Labute approximate surface area is 282 Å². The minimum Gasteiger partial charge on any atom is -0.545 e. The normalized spacial score (nSPS) is 11.3. The van der Waals surface area contributed by atoms with Gasteiger partial charge < -0.3 is 19.8 Å². The van der Waals surface area contributed by atoms with Crippen LogP contribution in [0.25, 0.3) is 21.5 Å². The SMILES string of the molecule is O=C([O-])c1ccc(N/N=c2\c(=O)c(=O)c3ccccc3c2=O)cc1.O=C([O-])c1ccc(N/N=c2\c(=O)c(=O)c3ccccc3c2=O)cc1.[Cu+2]. The van der Waals surface area contributed by atoms with Crippen LogP contribution >= 0.6 is 0 Å².